The molecule has 2 N–H and O–H groups in total. The lowest BCUT2D eigenvalue weighted by Crippen LogP contribution is -2.15. The maximum absolute atomic E-state index is 6.65. The topological polar surface area (TPSA) is 26.0 Å². The fourth-order valence-electron chi connectivity index (χ4n) is 3.08. The molecule has 3 rings (SSSR count). The van der Waals surface area contributed by atoms with Crippen LogP contribution in [0, 0.1) is 20.8 Å². The van der Waals surface area contributed by atoms with Gasteiger partial charge in [-0.25, -0.2) is 0 Å². The second-order valence-corrected chi connectivity index (χ2v) is 5.78. The van der Waals surface area contributed by atoms with Crippen molar-refractivity contribution in [2.45, 2.75) is 26.8 Å². The molecule has 0 aliphatic heterocycles. The van der Waals surface area contributed by atoms with E-state index in [-0.39, 0.29) is 6.04 Å². The lowest BCUT2D eigenvalue weighted by Gasteiger charge is -2.20. The molecule has 0 spiro atoms. The van der Waals surface area contributed by atoms with E-state index >= 15 is 0 Å². The van der Waals surface area contributed by atoms with Gasteiger partial charge in [-0.15, -0.1) is 0 Å². The van der Waals surface area contributed by atoms with Gasteiger partial charge in [0.1, 0.15) is 0 Å². The van der Waals surface area contributed by atoms with Crippen LogP contribution in [0.2, 0.25) is 0 Å². The molecule has 0 heterocycles. The Hall–Kier alpha value is -2.12. The van der Waals surface area contributed by atoms with Gasteiger partial charge in [-0.05, 0) is 59.4 Å². The zero-order valence-corrected chi connectivity index (χ0v) is 12.9. The first-order chi connectivity index (χ1) is 10.1. The molecule has 3 aromatic carbocycles. The highest BCUT2D eigenvalue weighted by atomic mass is 14.6. The van der Waals surface area contributed by atoms with Gasteiger partial charge in [0.25, 0.3) is 0 Å². The molecule has 1 heteroatoms. The Labute approximate surface area is 126 Å². The fraction of sp³-hybridized carbons (Fsp3) is 0.200. The molecule has 0 saturated heterocycles. The van der Waals surface area contributed by atoms with E-state index in [9.17, 15) is 0 Å². The van der Waals surface area contributed by atoms with Crippen LogP contribution in [0.1, 0.15) is 33.9 Å². The molecule has 0 fully saturated rings. The lowest BCUT2D eigenvalue weighted by molar-refractivity contribution is 0.859. The SMILES string of the molecule is Cc1cccc(C(N)c2c(C)ccc3ccccc23)c1C. The Morgan fingerprint density at radius 3 is 2.33 bits per heavy atom. The minimum absolute atomic E-state index is 0.0870. The van der Waals surface area contributed by atoms with Crippen molar-refractivity contribution in [1.82, 2.24) is 0 Å². The third-order valence-electron chi connectivity index (χ3n) is 4.48. The number of rotatable bonds is 2. The summed E-state index contributed by atoms with van der Waals surface area (Å²) in [6, 6.07) is 19.1. The van der Waals surface area contributed by atoms with Crippen LogP contribution in [0.5, 0.6) is 0 Å². The van der Waals surface area contributed by atoms with Crippen molar-refractivity contribution in [3.63, 3.8) is 0 Å². The average Bonchev–Trinajstić information content (AvgIpc) is 2.49. The van der Waals surface area contributed by atoms with E-state index in [1.165, 1.54) is 38.6 Å². The van der Waals surface area contributed by atoms with Crippen molar-refractivity contribution in [3.8, 4) is 0 Å². The Morgan fingerprint density at radius 1 is 0.762 bits per heavy atom. The van der Waals surface area contributed by atoms with Crippen molar-refractivity contribution >= 4 is 10.8 Å². The lowest BCUT2D eigenvalue weighted by atomic mass is 9.88. The van der Waals surface area contributed by atoms with Crippen LogP contribution in [0.3, 0.4) is 0 Å². The number of hydrogen-bond donors (Lipinski definition) is 1. The summed E-state index contributed by atoms with van der Waals surface area (Å²) < 4.78 is 0. The molecular formula is C20H21N. The van der Waals surface area contributed by atoms with E-state index in [0.29, 0.717) is 0 Å². The van der Waals surface area contributed by atoms with Crippen molar-refractivity contribution < 1.29 is 0 Å². The second-order valence-electron chi connectivity index (χ2n) is 5.78. The molecule has 106 valence electrons. The van der Waals surface area contributed by atoms with E-state index in [0.717, 1.165) is 0 Å². The molecule has 21 heavy (non-hydrogen) atoms. The fourth-order valence-corrected chi connectivity index (χ4v) is 3.08. The number of fused-ring (bicyclic) bond motifs is 1. The summed E-state index contributed by atoms with van der Waals surface area (Å²) in [6.07, 6.45) is 0. The first kappa shape index (κ1) is 13.8. The van der Waals surface area contributed by atoms with Crippen LogP contribution in [-0.4, -0.2) is 0 Å². The van der Waals surface area contributed by atoms with Crippen molar-refractivity contribution in [2.75, 3.05) is 0 Å². The standard InChI is InChI=1S/C20H21N/c1-13-7-6-10-17(15(13)3)20(21)19-14(2)11-12-16-8-4-5-9-18(16)19/h4-12,20H,21H2,1-3H3. The van der Waals surface area contributed by atoms with E-state index in [4.69, 9.17) is 5.73 Å². The molecule has 1 atom stereocenters. The van der Waals surface area contributed by atoms with Crippen LogP contribution < -0.4 is 5.73 Å². The summed E-state index contributed by atoms with van der Waals surface area (Å²) in [5.74, 6) is 0. The molecular weight excluding hydrogens is 254 g/mol. The quantitative estimate of drug-likeness (QED) is 0.713. The summed E-state index contributed by atoms with van der Waals surface area (Å²) in [7, 11) is 0. The Bertz CT molecular complexity index is 802. The van der Waals surface area contributed by atoms with Crippen LogP contribution in [0.4, 0.5) is 0 Å². The third-order valence-corrected chi connectivity index (χ3v) is 4.48. The molecule has 0 aliphatic rings. The normalized spacial score (nSPS) is 12.6. The van der Waals surface area contributed by atoms with Gasteiger partial charge in [-0.3, -0.25) is 0 Å². The summed E-state index contributed by atoms with van der Waals surface area (Å²) >= 11 is 0. The van der Waals surface area contributed by atoms with Crippen molar-refractivity contribution in [3.05, 3.63) is 82.4 Å². The first-order valence-corrected chi connectivity index (χ1v) is 7.39. The third kappa shape index (κ3) is 2.34. The molecule has 0 amide bonds. The maximum atomic E-state index is 6.65. The minimum atomic E-state index is -0.0870. The highest BCUT2D eigenvalue weighted by molar-refractivity contribution is 5.87. The van der Waals surface area contributed by atoms with Gasteiger partial charge >= 0.3 is 0 Å². The summed E-state index contributed by atoms with van der Waals surface area (Å²) in [5, 5.41) is 2.50. The molecule has 0 aromatic heterocycles. The molecule has 3 aromatic rings. The number of hydrogen-bond acceptors (Lipinski definition) is 1. The Balaban J connectivity index is 2.24. The molecule has 0 aliphatic carbocycles. The van der Waals surface area contributed by atoms with Crippen molar-refractivity contribution in [2.24, 2.45) is 5.73 Å². The van der Waals surface area contributed by atoms with Gasteiger partial charge in [0.2, 0.25) is 0 Å². The highest BCUT2D eigenvalue weighted by Gasteiger charge is 2.17. The molecule has 0 bridgehead atoms. The van der Waals surface area contributed by atoms with E-state index in [1.54, 1.807) is 0 Å². The molecule has 0 saturated carbocycles. The number of benzene rings is 3. The predicted octanol–water partition coefficient (Wildman–Crippen LogP) is 4.81. The molecule has 1 nitrogen and oxygen atoms in total. The first-order valence-electron chi connectivity index (χ1n) is 7.39. The van der Waals surface area contributed by atoms with Gasteiger partial charge in [0, 0.05) is 0 Å². The van der Waals surface area contributed by atoms with Crippen LogP contribution >= 0.6 is 0 Å². The molecule has 1 unspecified atom stereocenters. The zero-order chi connectivity index (χ0) is 15.0. The summed E-state index contributed by atoms with van der Waals surface area (Å²) in [6.45, 7) is 6.44. The maximum Gasteiger partial charge on any atom is 0.0563 e. The number of aryl methyl sites for hydroxylation is 2. The van der Waals surface area contributed by atoms with Crippen LogP contribution in [0.25, 0.3) is 10.8 Å². The minimum Gasteiger partial charge on any atom is -0.320 e. The Kier molecular flexibility index (Phi) is 3.52. The smallest absolute Gasteiger partial charge is 0.0563 e. The average molecular weight is 275 g/mol. The number of nitrogens with two attached hydrogens (primary N) is 1. The Morgan fingerprint density at radius 2 is 1.52 bits per heavy atom. The van der Waals surface area contributed by atoms with Gasteiger partial charge in [-0.2, -0.15) is 0 Å². The zero-order valence-electron chi connectivity index (χ0n) is 12.9. The van der Waals surface area contributed by atoms with Gasteiger partial charge < -0.3 is 5.73 Å². The highest BCUT2D eigenvalue weighted by Crippen LogP contribution is 2.32. The largest absolute Gasteiger partial charge is 0.320 e. The van der Waals surface area contributed by atoms with Crippen LogP contribution in [-0.2, 0) is 0 Å². The van der Waals surface area contributed by atoms with Crippen LogP contribution in [0.15, 0.2) is 54.6 Å². The van der Waals surface area contributed by atoms with Gasteiger partial charge in [0.05, 0.1) is 6.04 Å². The van der Waals surface area contributed by atoms with Gasteiger partial charge in [-0.1, -0.05) is 54.6 Å². The van der Waals surface area contributed by atoms with E-state index < -0.39 is 0 Å². The predicted molar refractivity (Wildman–Crippen MR) is 90.6 cm³/mol. The monoisotopic (exact) mass is 275 g/mol. The van der Waals surface area contributed by atoms with E-state index in [2.05, 4.69) is 75.4 Å². The second kappa shape index (κ2) is 5.34. The van der Waals surface area contributed by atoms with E-state index in [1.807, 2.05) is 0 Å². The summed E-state index contributed by atoms with van der Waals surface area (Å²) in [4.78, 5) is 0. The van der Waals surface area contributed by atoms with Crippen molar-refractivity contribution in [1.29, 1.82) is 0 Å². The molecule has 0 radical (unpaired) electrons. The summed E-state index contributed by atoms with van der Waals surface area (Å²) in [5.41, 5.74) is 12.9. The van der Waals surface area contributed by atoms with Gasteiger partial charge in [0.15, 0.2) is 0 Å².